The van der Waals surface area contributed by atoms with E-state index in [1.807, 2.05) is 4.90 Å². The zero-order valence-corrected chi connectivity index (χ0v) is 12.4. The number of carbonyl (C=O) groups excluding carboxylic acids is 1. The van der Waals surface area contributed by atoms with Crippen LogP contribution in [0.4, 0.5) is 0 Å². The van der Waals surface area contributed by atoms with Gasteiger partial charge in [-0.1, -0.05) is 34.6 Å². The van der Waals surface area contributed by atoms with Crippen molar-refractivity contribution >= 4 is 5.91 Å². The van der Waals surface area contributed by atoms with Crippen LogP contribution < -0.4 is 5.32 Å². The third-order valence-corrected chi connectivity index (χ3v) is 2.56. The quantitative estimate of drug-likeness (QED) is 0.709. The zero-order chi connectivity index (χ0) is 13.4. The van der Waals surface area contributed by atoms with Crippen molar-refractivity contribution in [3.63, 3.8) is 0 Å². The molecule has 0 aromatic heterocycles. The average Bonchev–Trinajstić information content (AvgIpc) is 2.15. The summed E-state index contributed by atoms with van der Waals surface area (Å²) in [6.07, 6.45) is 0.604. The highest BCUT2D eigenvalue weighted by atomic mass is 16.2. The lowest BCUT2D eigenvalue weighted by atomic mass is 10.1. The van der Waals surface area contributed by atoms with E-state index in [1.54, 1.807) is 0 Å². The molecule has 3 nitrogen and oxygen atoms in total. The highest BCUT2D eigenvalue weighted by molar-refractivity contribution is 5.76. The minimum Gasteiger partial charge on any atom is -0.342 e. The molecule has 1 unspecified atom stereocenters. The Balaban J connectivity index is 4.30. The first kappa shape index (κ1) is 16.4. The lowest BCUT2D eigenvalue weighted by molar-refractivity contribution is -0.132. The van der Waals surface area contributed by atoms with Crippen LogP contribution >= 0.6 is 0 Å². The zero-order valence-electron chi connectivity index (χ0n) is 12.4. The first-order chi connectivity index (χ1) is 7.86. The molecule has 0 aliphatic rings. The molecule has 0 saturated carbocycles. The molecule has 0 spiro atoms. The number of nitrogens with one attached hydrogen (secondary N) is 1. The Labute approximate surface area is 107 Å². The fourth-order valence-electron chi connectivity index (χ4n) is 1.97. The molecule has 17 heavy (non-hydrogen) atoms. The summed E-state index contributed by atoms with van der Waals surface area (Å²) in [5.74, 6) is 1.35. The van der Waals surface area contributed by atoms with Crippen molar-refractivity contribution in [3.8, 4) is 0 Å². The molecule has 0 aliphatic heterocycles. The van der Waals surface area contributed by atoms with Crippen LogP contribution in [-0.2, 0) is 4.79 Å². The first-order valence-corrected chi connectivity index (χ1v) is 6.87. The summed E-state index contributed by atoms with van der Waals surface area (Å²) in [4.78, 5) is 14.2. The van der Waals surface area contributed by atoms with Gasteiger partial charge in [0.05, 0.1) is 0 Å². The fraction of sp³-hybridized carbons (Fsp3) is 0.929. The summed E-state index contributed by atoms with van der Waals surface area (Å²) in [7, 11) is 0. The molecule has 0 heterocycles. The number of nitrogens with zero attached hydrogens (tertiary/aromatic N) is 1. The highest BCUT2D eigenvalue weighted by Crippen LogP contribution is 2.07. The smallest absolute Gasteiger partial charge is 0.224 e. The van der Waals surface area contributed by atoms with Gasteiger partial charge in [-0.3, -0.25) is 4.79 Å². The third kappa shape index (κ3) is 8.19. The average molecular weight is 242 g/mol. The van der Waals surface area contributed by atoms with Crippen LogP contribution in [-0.4, -0.2) is 36.5 Å². The molecule has 0 bridgehead atoms. The number of hydrogen-bond acceptors (Lipinski definition) is 2. The maximum Gasteiger partial charge on any atom is 0.224 e. The van der Waals surface area contributed by atoms with E-state index < -0.39 is 0 Å². The van der Waals surface area contributed by atoms with Crippen LogP contribution in [0.5, 0.6) is 0 Å². The molecular weight excluding hydrogens is 212 g/mol. The first-order valence-electron chi connectivity index (χ1n) is 6.87. The molecule has 1 atom stereocenters. The monoisotopic (exact) mass is 242 g/mol. The van der Waals surface area contributed by atoms with Gasteiger partial charge >= 0.3 is 0 Å². The largest absolute Gasteiger partial charge is 0.342 e. The van der Waals surface area contributed by atoms with E-state index in [9.17, 15) is 4.79 Å². The Morgan fingerprint density at radius 3 is 1.88 bits per heavy atom. The van der Waals surface area contributed by atoms with Gasteiger partial charge in [-0.15, -0.1) is 0 Å². The molecule has 1 N–H and O–H groups in total. The van der Waals surface area contributed by atoms with Crippen LogP contribution in [0, 0.1) is 11.8 Å². The molecule has 0 fully saturated rings. The lowest BCUT2D eigenvalue weighted by Gasteiger charge is -2.27. The van der Waals surface area contributed by atoms with Gasteiger partial charge in [0.15, 0.2) is 0 Å². The topological polar surface area (TPSA) is 32.3 Å². The lowest BCUT2D eigenvalue weighted by Crippen LogP contribution is -2.40. The van der Waals surface area contributed by atoms with Crippen LogP contribution in [0.3, 0.4) is 0 Å². The van der Waals surface area contributed by atoms with Crippen LogP contribution in [0.15, 0.2) is 0 Å². The Hall–Kier alpha value is -0.570. The molecule has 3 heteroatoms. The molecule has 0 aromatic carbocycles. The van der Waals surface area contributed by atoms with E-state index in [0.29, 0.717) is 18.3 Å². The van der Waals surface area contributed by atoms with Gasteiger partial charge in [-0.25, -0.2) is 0 Å². The minimum atomic E-state index is 0.273. The normalized spacial score (nSPS) is 13.2. The van der Waals surface area contributed by atoms with Gasteiger partial charge in [0.1, 0.15) is 0 Å². The minimum absolute atomic E-state index is 0.273. The van der Waals surface area contributed by atoms with Gasteiger partial charge in [-0.2, -0.15) is 0 Å². The van der Waals surface area contributed by atoms with Crippen molar-refractivity contribution < 1.29 is 4.79 Å². The van der Waals surface area contributed by atoms with Crippen LogP contribution in [0.1, 0.15) is 48.0 Å². The van der Waals surface area contributed by atoms with E-state index in [-0.39, 0.29) is 11.9 Å². The molecule has 0 rings (SSSR count). The second kappa shape index (κ2) is 8.51. The second-order valence-electron chi connectivity index (χ2n) is 5.75. The van der Waals surface area contributed by atoms with Crippen molar-refractivity contribution in [2.24, 2.45) is 11.8 Å². The molecule has 1 amide bonds. The number of rotatable bonds is 8. The van der Waals surface area contributed by atoms with Crippen molar-refractivity contribution in [1.82, 2.24) is 10.2 Å². The van der Waals surface area contributed by atoms with Gasteiger partial charge in [-0.05, 0) is 25.3 Å². The van der Waals surface area contributed by atoms with E-state index in [2.05, 4.69) is 46.9 Å². The SMILES string of the molecule is CCNC(C)CC(=O)N(CC(C)C)CC(C)C. The van der Waals surface area contributed by atoms with Crippen LogP contribution in [0.2, 0.25) is 0 Å². The van der Waals surface area contributed by atoms with E-state index >= 15 is 0 Å². The maximum absolute atomic E-state index is 12.2. The standard InChI is InChI=1S/C14H30N2O/c1-7-15-13(6)8-14(17)16(9-11(2)3)10-12(4)5/h11-13,15H,7-10H2,1-6H3. The molecule has 0 radical (unpaired) electrons. The van der Waals surface area contributed by atoms with Crippen molar-refractivity contribution in [2.45, 2.75) is 54.0 Å². The molecule has 0 aromatic rings. The van der Waals surface area contributed by atoms with Crippen molar-refractivity contribution in [2.75, 3.05) is 19.6 Å². The Kier molecular flexibility index (Phi) is 8.23. The van der Waals surface area contributed by atoms with Gasteiger partial charge < -0.3 is 10.2 Å². The molecule has 102 valence electrons. The van der Waals surface area contributed by atoms with E-state index in [1.165, 1.54) is 0 Å². The summed E-state index contributed by atoms with van der Waals surface area (Å²) in [5.41, 5.74) is 0. The van der Waals surface area contributed by atoms with Crippen molar-refractivity contribution in [1.29, 1.82) is 0 Å². The van der Waals surface area contributed by atoms with E-state index in [0.717, 1.165) is 19.6 Å². The van der Waals surface area contributed by atoms with Gasteiger partial charge in [0, 0.05) is 25.6 Å². The highest BCUT2D eigenvalue weighted by Gasteiger charge is 2.18. The van der Waals surface area contributed by atoms with Crippen LogP contribution in [0.25, 0.3) is 0 Å². The Morgan fingerprint density at radius 1 is 1.06 bits per heavy atom. The number of carbonyl (C=O) groups is 1. The molecule has 0 aliphatic carbocycles. The van der Waals surface area contributed by atoms with Gasteiger partial charge in [0.2, 0.25) is 5.91 Å². The van der Waals surface area contributed by atoms with Crippen molar-refractivity contribution in [3.05, 3.63) is 0 Å². The third-order valence-electron chi connectivity index (χ3n) is 2.56. The predicted molar refractivity (Wildman–Crippen MR) is 74.0 cm³/mol. The Bertz CT molecular complexity index is 204. The second-order valence-corrected chi connectivity index (χ2v) is 5.75. The maximum atomic E-state index is 12.2. The molecule has 0 saturated heterocycles. The summed E-state index contributed by atoms with van der Waals surface area (Å²) >= 11 is 0. The molecular formula is C14H30N2O. The predicted octanol–water partition coefficient (Wildman–Crippen LogP) is 2.52. The summed E-state index contributed by atoms with van der Waals surface area (Å²) in [6, 6.07) is 0.273. The fourth-order valence-corrected chi connectivity index (χ4v) is 1.97. The summed E-state index contributed by atoms with van der Waals surface area (Å²) in [6.45, 7) is 15.4. The van der Waals surface area contributed by atoms with Gasteiger partial charge in [0.25, 0.3) is 0 Å². The van der Waals surface area contributed by atoms with E-state index in [4.69, 9.17) is 0 Å². The number of hydrogen-bond donors (Lipinski definition) is 1. The Morgan fingerprint density at radius 2 is 1.53 bits per heavy atom. The number of amides is 1. The summed E-state index contributed by atoms with van der Waals surface area (Å²) < 4.78 is 0. The summed E-state index contributed by atoms with van der Waals surface area (Å²) in [5, 5.41) is 3.29.